The van der Waals surface area contributed by atoms with Crippen molar-refractivity contribution in [2.24, 2.45) is 5.92 Å². The van der Waals surface area contributed by atoms with Crippen LogP contribution in [0.2, 0.25) is 0 Å². The first-order valence-electron chi connectivity index (χ1n) is 8.42. The maximum Gasteiger partial charge on any atom is 0.226 e. The van der Waals surface area contributed by atoms with E-state index < -0.39 is 0 Å². The van der Waals surface area contributed by atoms with Gasteiger partial charge in [0.1, 0.15) is 0 Å². The Bertz CT molecular complexity index is 313. The number of ether oxygens (including phenoxy) is 3. The predicted octanol–water partition coefficient (Wildman–Crippen LogP) is 1.60. The average Bonchev–Trinajstić information content (AvgIpc) is 3.20. The Morgan fingerprint density at radius 2 is 1.43 bits per heavy atom. The lowest BCUT2D eigenvalue weighted by molar-refractivity contribution is -0.141. The van der Waals surface area contributed by atoms with Gasteiger partial charge in [-0.15, -0.1) is 0 Å². The first kappa shape index (κ1) is 15.3. The molecule has 0 aromatic rings. The number of carbonyl (C=O) groups excluding carboxylic acids is 1. The Labute approximate surface area is 126 Å². The van der Waals surface area contributed by atoms with Gasteiger partial charge in [0.25, 0.3) is 0 Å². The third kappa shape index (κ3) is 4.18. The minimum absolute atomic E-state index is 0.126. The van der Waals surface area contributed by atoms with Gasteiger partial charge in [-0.25, -0.2) is 0 Å². The average molecular weight is 297 g/mol. The van der Waals surface area contributed by atoms with Crippen LogP contribution >= 0.6 is 0 Å². The van der Waals surface area contributed by atoms with E-state index in [0.717, 1.165) is 64.8 Å². The minimum atomic E-state index is 0.126. The zero-order chi connectivity index (χ0) is 14.5. The first-order chi connectivity index (χ1) is 10.3. The van der Waals surface area contributed by atoms with Crippen LogP contribution in [0.1, 0.15) is 38.5 Å². The summed E-state index contributed by atoms with van der Waals surface area (Å²) in [4.78, 5) is 14.8. The van der Waals surface area contributed by atoms with Crippen LogP contribution in [0.3, 0.4) is 0 Å². The van der Waals surface area contributed by atoms with Gasteiger partial charge in [0, 0.05) is 45.4 Å². The van der Waals surface area contributed by atoms with E-state index >= 15 is 0 Å². The predicted molar refractivity (Wildman–Crippen MR) is 78.1 cm³/mol. The summed E-state index contributed by atoms with van der Waals surface area (Å²) in [5.41, 5.74) is 0. The highest BCUT2D eigenvalue weighted by Gasteiger charge is 2.31. The van der Waals surface area contributed by atoms with Gasteiger partial charge in [0.15, 0.2) is 0 Å². The number of hydrogen-bond donors (Lipinski definition) is 0. The van der Waals surface area contributed by atoms with E-state index in [4.69, 9.17) is 14.2 Å². The van der Waals surface area contributed by atoms with E-state index in [9.17, 15) is 4.79 Å². The Hall–Kier alpha value is -0.650. The molecule has 0 unspecified atom stereocenters. The van der Waals surface area contributed by atoms with Crippen LogP contribution in [-0.4, -0.2) is 62.5 Å². The molecule has 0 radical (unpaired) electrons. The molecule has 3 heterocycles. The van der Waals surface area contributed by atoms with E-state index in [1.807, 2.05) is 4.90 Å². The highest BCUT2D eigenvalue weighted by molar-refractivity contribution is 5.79. The zero-order valence-electron chi connectivity index (χ0n) is 12.8. The van der Waals surface area contributed by atoms with Crippen LogP contribution in [0.5, 0.6) is 0 Å². The van der Waals surface area contributed by atoms with Gasteiger partial charge >= 0.3 is 0 Å². The molecule has 0 N–H and O–H groups in total. The summed E-state index contributed by atoms with van der Waals surface area (Å²) in [5.74, 6) is 0.408. The molecule has 3 saturated heterocycles. The van der Waals surface area contributed by atoms with Gasteiger partial charge in [-0.05, 0) is 38.5 Å². The van der Waals surface area contributed by atoms with Crippen LogP contribution in [0.25, 0.3) is 0 Å². The van der Waals surface area contributed by atoms with Gasteiger partial charge in [-0.1, -0.05) is 0 Å². The van der Waals surface area contributed by atoms with Gasteiger partial charge in [0.05, 0.1) is 12.2 Å². The summed E-state index contributed by atoms with van der Waals surface area (Å²) >= 11 is 0. The van der Waals surface area contributed by atoms with Gasteiger partial charge < -0.3 is 19.1 Å². The number of amides is 1. The van der Waals surface area contributed by atoms with E-state index in [-0.39, 0.29) is 24.0 Å². The summed E-state index contributed by atoms with van der Waals surface area (Å²) in [5, 5.41) is 0. The molecule has 3 aliphatic heterocycles. The minimum Gasteiger partial charge on any atom is -0.381 e. The fraction of sp³-hybridized carbons (Fsp3) is 0.938. The molecule has 0 aromatic carbocycles. The van der Waals surface area contributed by atoms with E-state index in [2.05, 4.69) is 0 Å². The van der Waals surface area contributed by atoms with Crippen molar-refractivity contribution >= 4 is 5.91 Å². The molecule has 21 heavy (non-hydrogen) atoms. The topological polar surface area (TPSA) is 48.0 Å². The standard InChI is InChI=1S/C16H27NO4/c18-16(13-5-9-19-10-6-13)17(11-14-3-1-7-20-14)12-15-4-2-8-21-15/h13-15H,1-12H2/t14-,15-/m1/s1. The third-order valence-corrected chi connectivity index (χ3v) is 4.78. The third-order valence-electron chi connectivity index (χ3n) is 4.78. The van der Waals surface area contributed by atoms with Crippen LogP contribution in [0, 0.1) is 5.92 Å². The molecule has 0 aromatic heterocycles. The normalized spacial score (nSPS) is 30.7. The van der Waals surface area contributed by atoms with Crippen LogP contribution in [0.4, 0.5) is 0 Å². The number of rotatable bonds is 5. The lowest BCUT2D eigenvalue weighted by atomic mass is 9.98. The molecule has 0 bridgehead atoms. The monoisotopic (exact) mass is 297 g/mol. The molecule has 0 aliphatic carbocycles. The second kappa shape index (κ2) is 7.56. The van der Waals surface area contributed by atoms with Crippen molar-refractivity contribution < 1.29 is 19.0 Å². The van der Waals surface area contributed by atoms with E-state index in [0.29, 0.717) is 13.2 Å². The molecule has 1 amide bonds. The summed E-state index contributed by atoms with van der Waals surface area (Å²) in [6, 6.07) is 0. The SMILES string of the molecule is O=C(C1CCOCC1)N(C[C@H]1CCCO1)C[C@H]1CCCO1. The maximum atomic E-state index is 12.8. The van der Waals surface area contributed by atoms with Crippen LogP contribution in [-0.2, 0) is 19.0 Å². The van der Waals surface area contributed by atoms with Gasteiger partial charge in [-0.3, -0.25) is 4.79 Å². The van der Waals surface area contributed by atoms with Gasteiger partial charge in [-0.2, -0.15) is 0 Å². The smallest absolute Gasteiger partial charge is 0.226 e. The second-order valence-corrected chi connectivity index (χ2v) is 6.40. The fourth-order valence-electron chi connectivity index (χ4n) is 3.53. The highest BCUT2D eigenvalue weighted by atomic mass is 16.5. The molecule has 120 valence electrons. The van der Waals surface area contributed by atoms with Crippen molar-refractivity contribution in [3.8, 4) is 0 Å². The highest BCUT2D eigenvalue weighted by Crippen LogP contribution is 2.22. The largest absolute Gasteiger partial charge is 0.381 e. The molecule has 3 aliphatic rings. The molecule has 0 saturated carbocycles. The van der Waals surface area contributed by atoms with E-state index in [1.54, 1.807) is 0 Å². The number of carbonyl (C=O) groups is 1. The molecule has 3 fully saturated rings. The van der Waals surface area contributed by atoms with Crippen molar-refractivity contribution in [1.29, 1.82) is 0 Å². The molecule has 5 heteroatoms. The van der Waals surface area contributed by atoms with Crippen LogP contribution in [0.15, 0.2) is 0 Å². The van der Waals surface area contributed by atoms with E-state index in [1.165, 1.54) is 0 Å². The summed E-state index contributed by atoms with van der Waals surface area (Å²) in [6.07, 6.45) is 6.52. The Balaban J connectivity index is 1.59. The molecular weight excluding hydrogens is 270 g/mol. The lowest BCUT2D eigenvalue weighted by Gasteiger charge is -2.32. The summed E-state index contributed by atoms with van der Waals surface area (Å²) in [6.45, 7) is 4.56. The Morgan fingerprint density at radius 3 is 1.90 bits per heavy atom. The molecule has 3 rings (SSSR count). The molecular formula is C16H27NO4. The van der Waals surface area contributed by atoms with Gasteiger partial charge in [0.2, 0.25) is 5.91 Å². The first-order valence-corrected chi connectivity index (χ1v) is 8.42. The number of nitrogens with zero attached hydrogens (tertiary/aromatic N) is 1. The Morgan fingerprint density at radius 1 is 0.857 bits per heavy atom. The summed E-state index contributed by atoms with van der Waals surface area (Å²) < 4.78 is 16.8. The van der Waals surface area contributed by atoms with Crippen molar-refractivity contribution in [3.63, 3.8) is 0 Å². The van der Waals surface area contributed by atoms with Crippen LogP contribution < -0.4 is 0 Å². The maximum absolute atomic E-state index is 12.8. The Kier molecular flexibility index (Phi) is 5.49. The van der Waals surface area contributed by atoms with Crippen molar-refractivity contribution in [1.82, 2.24) is 4.90 Å². The molecule has 2 atom stereocenters. The summed E-state index contributed by atoms with van der Waals surface area (Å²) in [7, 11) is 0. The van der Waals surface area contributed by atoms with Crippen molar-refractivity contribution in [2.45, 2.75) is 50.7 Å². The second-order valence-electron chi connectivity index (χ2n) is 6.40. The fourth-order valence-corrected chi connectivity index (χ4v) is 3.53. The zero-order valence-corrected chi connectivity index (χ0v) is 12.8. The van der Waals surface area contributed by atoms with Crippen molar-refractivity contribution in [3.05, 3.63) is 0 Å². The quantitative estimate of drug-likeness (QED) is 0.773. The lowest BCUT2D eigenvalue weighted by Crippen LogP contribution is -2.45. The van der Waals surface area contributed by atoms with Crippen molar-refractivity contribution in [2.75, 3.05) is 39.5 Å². The molecule has 5 nitrogen and oxygen atoms in total. The number of hydrogen-bond acceptors (Lipinski definition) is 4. The molecule has 0 spiro atoms.